The van der Waals surface area contributed by atoms with Crippen LogP contribution < -0.4 is 16.0 Å². The van der Waals surface area contributed by atoms with Crippen LogP contribution in [0.25, 0.3) is 0 Å². The predicted octanol–water partition coefficient (Wildman–Crippen LogP) is 0.440. The highest BCUT2D eigenvalue weighted by Gasteiger charge is 2.20. The van der Waals surface area contributed by atoms with Crippen molar-refractivity contribution in [2.45, 2.75) is 32.6 Å². The van der Waals surface area contributed by atoms with Gasteiger partial charge < -0.3 is 16.0 Å². The van der Waals surface area contributed by atoms with Crippen LogP contribution in [0.15, 0.2) is 0 Å². The van der Waals surface area contributed by atoms with E-state index in [1.165, 1.54) is 0 Å². The highest BCUT2D eigenvalue weighted by molar-refractivity contribution is 5.85. The van der Waals surface area contributed by atoms with Gasteiger partial charge in [-0.1, -0.05) is 6.92 Å². The molecular formula is C12H24ClN3O2. The van der Waals surface area contributed by atoms with Gasteiger partial charge in [0.1, 0.15) is 0 Å². The maximum Gasteiger partial charge on any atom is 0.224 e. The normalized spacial score (nSPS) is 18.6. The summed E-state index contributed by atoms with van der Waals surface area (Å²) in [5.41, 5.74) is 0. The van der Waals surface area contributed by atoms with Crippen molar-refractivity contribution in [3.8, 4) is 0 Å². The highest BCUT2D eigenvalue weighted by atomic mass is 35.5. The maximum absolute atomic E-state index is 11.7. The number of carbonyl (C=O) groups excluding carboxylic acids is 2. The molecule has 0 spiro atoms. The largest absolute Gasteiger partial charge is 0.356 e. The SMILES string of the molecule is CCCNC(=O)CCNC(=O)C1CCCNC1.Cl. The maximum atomic E-state index is 11.7. The smallest absolute Gasteiger partial charge is 0.224 e. The summed E-state index contributed by atoms with van der Waals surface area (Å²) in [5.74, 6) is 0.150. The molecule has 2 amide bonds. The fourth-order valence-corrected chi connectivity index (χ4v) is 1.87. The van der Waals surface area contributed by atoms with E-state index in [1.54, 1.807) is 0 Å². The third-order valence-electron chi connectivity index (χ3n) is 2.89. The van der Waals surface area contributed by atoms with Gasteiger partial charge in [-0.2, -0.15) is 0 Å². The third kappa shape index (κ3) is 6.81. The Hall–Kier alpha value is -0.810. The van der Waals surface area contributed by atoms with Crippen molar-refractivity contribution < 1.29 is 9.59 Å². The van der Waals surface area contributed by atoms with Crippen molar-refractivity contribution in [3.05, 3.63) is 0 Å². The lowest BCUT2D eigenvalue weighted by atomic mass is 9.99. The van der Waals surface area contributed by atoms with E-state index in [9.17, 15) is 9.59 Å². The minimum atomic E-state index is 0. The second kappa shape index (κ2) is 10.1. The molecule has 1 heterocycles. The lowest BCUT2D eigenvalue weighted by Crippen LogP contribution is -2.41. The molecule has 6 heteroatoms. The minimum Gasteiger partial charge on any atom is -0.356 e. The van der Waals surface area contributed by atoms with Crippen molar-refractivity contribution in [2.24, 2.45) is 5.92 Å². The van der Waals surface area contributed by atoms with Crippen molar-refractivity contribution in [3.63, 3.8) is 0 Å². The first-order chi connectivity index (χ1) is 8.24. The van der Waals surface area contributed by atoms with Gasteiger partial charge in [0.05, 0.1) is 5.92 Å². The molecule has 1 aliphatic heterocycles. The second-order valence-electron chi connectivity index (χ2n) is 4.43. The molecule has 0 saturated carbocycles. The van der Waals surface area contributed by atoms with Gasteiger partial charge in [0, 0.05) is 26.1 Å². The summed E-state index contributed by atoms with van der Waals surface area (Å²) in [6, 6.07) is 0. The molecule has 0 bridgehead atoms. The Bertz CT molecular complexity index is 256. The molecule has 3 N–H and O–H groups in total. The number of amides is 2. The van der Waals surface area contributed by atoms with Crippen molar-refractivity contribution in [2.75, 3.05) is 26.2 Å². The summed E-state index contributed by atoms with van der Waals surface area (Å²) in [5, 5.41) is 8.81. The van der Waals surface area contributed by atoms with Crippen molar-refractivity contribution >= 4 is 24.2 Å². The van der Waals surface area contributed by atoms with Crippen LogP contribution in [-0.2, 0) is 9.59 Å². The van der Waals surface area contributed by atoms with Crippen LogP contribution >= 0.6 is 12.4 Å². The van der Waals surface area contributed by atoms with Gasteiger partial charge in [-0.3, -0.25) is 9.59 Å². The summed E-state index contributed by atoms with van der Waals surface area (Å²) in [7, 11) is 0. The molecule has 1 unspecified atom stereocenters. The topological polar surface area (TPSA) is 70.2 Å². The molecule has 0 aromatic carbocycles. The number of nitrogens with one attached hydrogen (secondary N) is 3. The van der Waals surface area contributed by atoms with Gasteiger partial charge in [0.15, 0.2) is 0 Å². The van der Waals surface area contributed by atoms with Crippen LogP contribution in [0.3, 0.4) is 0 Å². The molecule has 1 aliphatic rings. The fraction of sp³-hybridized carbons (Fsp3) is 0.833. The van der Waals surface area contributed by atoms with E-state index in [0.29, 0.717) is 19.5 Å². The van der Waals surface area contributed by atoms with E-state index in [-0.39, 0.29) is 30.1 Å². The molecule has 0 aliphatic carbocycles. The monoisotopic (exact) mass is 277 g/mol. The lowest BCUT2D eigenvalue weighted by molar-refractivity contribution is -0.125. The first-order valence-corrected chi connectivity index (χ1v) is 6.49. The number of halogens is 1. The van der Waals surface area contributed by atoms with E-state index < -0.39 is 0 Å². The standard InChI is InChI=1S/C12H23N3O2.ClH/c1-2-6-14-11(16)5-8-15-12(17)10-4-3-7-13-9-10;/h10,13H,2-9H2,1H3,(H,14,16)(H,15,17);1H. The average Bonchev–Trinajstić information content (AvgIpc) is 2.37. The van der Waals surface area contributed by atoms with Gasteiger partial charge in [0.2, 0.25) is 11.8 Å². The van der Waals surface area contributed by atoms with E-state index in [2.05, 4.69) is 16.0 Å². The molecule has 106 valence electrons. The summed E-state index contributed by atoms with van der Waals surface area (Å²) >= 11 is 0. The predicted molar refractivity (Wildman–Crippen MR) is 73.8 cm³/mol. The van der Waals surface area contributed by atoms with E-state index >= 15 is 0 Å². The number of rotatable bonds is 6. The molecule has 0 radical (unpaired) electrons. The summed E-state index contributed by atoms with van der Waals surface area (Å²) in [6.45, 7) is 4.92. The van der Waals surface area contributed by atoms with Crippen LogP contribution in [0.4, 0.5) is 0 Å². The second-order valence-corrected chi connectivity index (χ2v) is 4.43. The number of piperidine rings is 1. The Morgan fingerprint density at radius 1 is 1.28 bits per heavy atom. The first-order valence-electron chi connectivity index (χ1n) is 6.49. The first kappa shape index (κ1) is 17.2. The molecule has 18 heavy (non-hydrogen) atoms. The van der Waals surface area contributed by atoms with Crippen LogP contribution in [-0.4, -0.2) is 38.0 Å². The molecule has 0 aromatic rings. The molecular weight excluding hydrogens is 254 g/mol. The van der Waals surface area contributed by atoms with Crippen LogP contribution in [0.1, 0.15) is 32.6 Å². The zero-order valence-corrected chi connectivity index (χ0v) is 11.8. The zero-order valence-electron chi connectivity index (χ0n) is 11.0. The van der Waals surface area contributed by atoms with Gasteiger partial charge in [-0.15, -0.1) is 12.4 Å². The van der Waals surface area contributed by atoms with E-state index in [0.717, 1.165) is 32.4 Å². The lowest BCUT2D eigenvalue weighted by Gasteiger charge is -2.21. The Morgan fingerprint density at radius 3 is 2.67 bits per heavy atom. The molecule has 1 atom stereocenters. The van der Waals surface area contributed by atoms with E-state index in [4.69, 9.17) is 0 Å². The Balaban J connectivity index is 0.00000289. The van der Waals surface area contributed by atoms with Crippen LogP contribution in [0.2, 0.25) is 0 Å². The highest BCUT2D eigenvalue weighted by Crippen LogP contribution is 2.09. The van der Waals surface area contributed by atoms with Gasteiger partial charge in [-0.05, 0) is 25.8 Å². The Morgan fingerprint density at radius 2 is 2.06 bits per heavy atom. The Labute approximate surface area is 115 Å². The molecule has 0 aromatic heterocycles. The third-order valence-corrected chi connectivity index (χ3v) is 2.89. The van der Waals surface area contributed by atoms with Gasteiger partial charge in [-0.25, -0.2) is 0 Å². The summed E-state index contributed by atoms with van der Waals surface area (Å²) < 4.78 is 0. The Kier molecular flexibility index (Phi) is 9.69. The van der Waals surface area contributed by atoms with Crippen molar-refractivity contribution in [1.82, 2.24) is 16.0 Å². The summed E-state index contributed by atoms with van der Waals surface area (Å²) in [4.78, 5) is 23.0. The number of hydrogen-bond acceptors (Lipinski definition) is 3. The van der Waals surface area contributed by atoms with Crippen molar-refractivity contribution in [1.29, 1.82) is 0 Å². The van der Waals surface area contributed by atoms with Gasteiger partial charge >= 0.3 is 0 Å². The molecule has 5 nitrogen and oxygen atoms in total. The van der Waals surface area contributed by atoms with Gasteiger partial charge in [0.25, 0.3) is 0 Å². The molecule has 1 fully saturated rings. The number of hydrogen-bond donors (Lipinski definition) is 3. The zero-order chi connectivity index (χ0) is 12.5. The molecule has 1 saturated heterocycles. The molecule has 1 rings (SSSR count). The quantitative estimate of drug-likeness (QED) is 0.660. The van der Waals surface area contributed by atoms with E-state index in [1.807, 2.05) is 6.92 Å². The van der Waals surface area contributed by atoms with Crippen LogP contribution in [0.5, 0.6) is 0 Å². The summed E-state index contributed by atoms with van der Waals surface area (Å²) in [6.07, 6.45) is 3.30. The average molecular weight is 278 g/mol. The minimum absolute atomic E-state index is 0. The fourth-order valence-electron chi connectivity index (χ4n) is 1.87. The van der Waals surface area contributed by atoms with Crippen LogP contribution in [0, 0.1) is 5.92 Å². The number of carbonyl (C=O) groups is 2.